The van der Waals surface area contributed by atoms with Crippen molar-refractivity contribution in [1.29, 1.82) is 0 Å². The number of rotatable bonds is 5. The SMILES string of the molecule is CCNCC1CCC(C)CC1c1ccnn1CC. The molecule has 1 aliphatic rings. The molecule has 18 heavy (non-hydrogen) atoms. The lowest BCUT2D eigenvalue weighted by Gasteiger charge is -2.35. The van der Waals surface area contributed by atoms with Crippen LogP contribution < -0.4 is 5.32 Å². The fraction of sp³-hybridized carbons (Fsp3) is 0.800. The van der Waals surface area contributed by atoms with Crippen molar-refractivity contribution in [1.82, 2.24) is 15.1 Å². The van der Waals surface area contributed by atoms with Crippen molar-refractivity contribution < 1.29 is 0 Å². The van der Waals surface area contributed by atoms with Gasteiger partial charge in [-0.1, -0.05) is 20.3 Å². The van der Waals surface area contributed by atoms with Gasteiger partial charge >= 0.3 is 0 Å². The van der Waals surface area contributed by atoms with Gasteiger partial charge < -0.3 is 5.32 Å². The highest BCUT2D eigenvalue weighted by molar-refractivity contribution is 5.11. The molecule has 1 aromatic heterocycles. The molecule has 1 heterocycles. The fourth-order valence-electron chi connectivity index (χ4n) is 3.30. The van der Waals surface area contributed by atoms with Crippen LogP contribution in [-0.2, 0) is 6.54 Å². The average molecular weight is 249 g/mol. The van der Waals surface area contributed by atoms with Crippen molar-refractivity contribution in [2.75, 3.05) is 13.1 Å². The van der Waals surface area contributed by atoms with Gasteiger partial charge in [-0.3, -0.25) is 4.68 Å². The quantitative estimate of drug-likeness (QED) is 0.869. The Kier molecular flexibility index (Phi) is 4.81. The predicted octanol–water partition coefficient (Wildman–Crippen LogP) is 3.03. The summed E-state index contributed by atoms with van der Waals surface area (Å²) < 4.78 is 2.18. The van der Waals surface area contributed by atoms with Crippen LogP contribution in [0, 0.1) is 11.8 Å². The molecule has 0 aromatic carbocycles. The lowest BCUT2D eigenvalue weighted by molar-refractivity contribution is 0.234. The summed E-state index contributed by atoms with van der Waals surface area (Å²) in [6.45, 7) is 9.98. The first kappa shape index (κ1) is 13.6. The van der Waals surface area contributed by atoms with Crippen LogP contribution in [0.15, 0.2) is 12.3 Å². The summed E-state index contributed by atoms with van der Waals surface area (Å²) in [7, 11) is 0. The highest BCUT2D eigenvalue weighted by Gasteiger charge is 2.31. The molecule has 1 saturated carbocycles. The topological polar surface area (TPSA) is 29.9 Å². The van der Waals surface area contributed by atoms with E-state index in [0.717, 1.165) is 31.5 Å². The van der Waals surface area contributed by atoms with Crippen LogP contribution in [0.3, 0.4) is 0 Å². The zero-order valence-corrected chi connectivity index (χ0v) is 12.0. The molecule has 3 atom stereocenters. The minimum atomic E-state index is 0.690. The van der Waals surface area contributed by atoms with Gasteiger partial charge in [0, 0.05) is 24.4 Å². The Morgan fingerprint density at radius 2 is 2.22 bits per heavy atom. The van der Waals surface area contributed by atoms with Gasteiger partial charge in [-0.25, -0.2) is 0 Å². The Labute approximate surface area is 111 Å². The van der Waals surface area contributed by atoms with E-state index in [1.54, 1.807) is 0 Å². The maximum absolute atomic E-state index is 4.45. The summed E-state index contributed by atoms with van der Waals surface area (Å²) in [5.41, 5.74) is 1.45. The zero-order chi connectivity index (χ0) is 13.0. The van der Waals surface area contributed by atoms with E-state index < -0.39 is 0 Å². The van der Waals surface area contributed by atoms with Crippen LogP contribution in [0.1, 0.15) is 51.6 Å². The van der Waals surface area contributed by atoms with Gasteiger partial charge in [0.25, 0.3) is 0 Å². The highest BCUT2D eigenvalue weighted by atomic mass is 15.3. The third-order valence-corrected chi connectivity index (χ3v) is 4.34. The molecule has 0 saturated heterocycles. The normalized spacial score (nSPS) is 28.5. The average Bonchev–Trinajstić information content (AvgIpc) is 2.85. The first-order chi connectivity index (χ1) is 8.76. The van der Waals surface area contributed by atoms with Crippen molar-refractivity contribution >= 4 is 0 Å². The number of hydrogen-bond donors (Lipinski definition) is 1. The Bertz CT molecular complexity index is 356. The second kappa shape index (κ2) is 6.37. The molecular formula is C15H27N3. The van der Waals surface area contributed by atoms with Crippen LogP contribution >= 0.6 is 0 Å². The van der Waals surface area contributed by atoms with Crippen LogP contribution in [0.5, 0.6) is 0 Å². The molecular weight excluding hydrogens is 222 g/mol. The first-order valence-electron chi connectivity index (χ1n) is 7.48. The monoisotopic (exact) mass is 249 g/mol. The maximum atomic E-state index is 4.45. The van der Waals surface area contributed by atoms with Gasteiger partial charge in [0.05, 0.1) is 0 Å². The molecule has 1 fully saturated rings. The predicted molar refractivity (Wildman–Crippen MR) is 75.7 cm³/mol. The van der Waals surface area contributed by atoms with E-state index in [0.29, 0.717) is 5.92 Å². The summed E-state index contributed by atoms with van der Waals surface area (Å²) in [5, 5.41) is 7.98. The van der Waals surface area contributed by atoms with Crippen LogP contribution in [0.2, 0.25) is 0 Å². The minimum Gasteiger partial charge on any atom is -0.317 e. The van der Waals surface area contributed by atoms with Crippen LogP contribution in [-0.4, -0.2) is 22.9 Å². The molecule has 0 spiro atoms. The standard InChI is InChI=1S/C15H27N3/c1-4-16-11-13-7-6-12(3)10-14(13)15-8-9-17-18(15)5-2/h8-9,12-14,16H,4-7,10-11H2,1-3H3. The number of aryl methyl sites for hydroxylation is 1. The highest BCUT2D eigenvalue weighted by Crippen LogP contribution is 2.40. The molecule has 102 valence electrons. The Hall–Kier alpha value is -0.830. The molecule has 3 nitrogen and oxygen atoms in total. The van der Waals surface area contributed by atoms with Gasteiger partial charge in [0.1, 0.15) is 0 Å². The summed E-state index contributed by atoms with van der Waals surface area (Å²) >= 11 is 0. The van der Waals surface area contributed by atoms with E-state index >= 15 is 0 Å². The van der Waals surface area contributed by atoms with Crippen LogP contribution in [0.25, 0.3) is 0 Å². The summed E-state index contributed by atoms with van der Waals surface area (Å²) in [6, 6.07) is 2.23. The molecule has 2 rings (SSSR count). The molecule has 0 amide bonds. The van der Waals surface area contributed by atoms with E-state index in [1.807, 2.05) is 6.20 Å². The van der Waals surface area contributed by atoms with E-state index in [-0.39, 0.29) is 0 Å². The molecule has 3 heteroatoms. The second-order valence-corrected chi connectivity index (χ2v) is 5.66. The molecule has 0 aliphatic heterocycles. The van der Waals surface area contributed by atoms with E-state index in [1.165, 1.54) is 25.0 Å². The van der Waals surface area contributed by atoms with E-state index in [2.05, 4.69) is 41.9 Å². The third-order valence-electron chi connectivity index (χ3n) is 4.34. The van der Waals surface area contributed by atoms with Crippen molar-refractivity contribution in [3.63, 3.8) is 0 Å². The maximum Gasteiger partial charge on any atom is 0.0492 e. The van der Waals surface area contributed by atoms with E-state index in [9.17, 15) is 0 Å². The number of nitrogens with zero attached hydrogens (tertiary/aromatic N) is 2. The lowest BCUT2D eigenvalue weighted by Crippen LogP contribution is -2.32. The van der Waals surface area contributed by atoms with Crippen molar-refractivity contribution in [2.24, 2.45) is 11.8 Å². The molecule has 3 unspecified atom stereocenters. The minimum absolute atomic E-state index is 0.690. The van der Waals surface area contributed by atoms with Crippen molar-refractivity contribution in [2.45, 2.75) is 52.5 Å². The van der Waals surface area contributed by atoms with Gasteiger partial charge in [0.15, 0.2) is 0 Å². The van der Waals surface area contributed by atoms with Gasteiger partial charge in [0.2, 0.25) is 0 Å². The first-order valence-corrected chi connectivity index (χ1v) is 7.48. The Morgan fingerprint density at radius 3 is 2.94 bits per heavy atom. The van der Waals surface area contributed by atoms with E-state index in [4.69, 9.17) is 0 Å². The molecule has 1 N–H and O–H groups in total. The molecule has 0 radical (unpaired) electrons. The molecule has 0 bridgehead atoms. The third kappa shape index (κ3) is 2.94. The van der Waals surface area contributed by atoms with Crippen molar-refractivity contribution in [3.8, 4) is 0 Å². The van der Waals surface area contributed by atoms with Gasteiger partial charge in [-0.2, -0.15) is 5.10 Å². The molecule has 1 aliphatic carbocycles. The summed E-state index contributed by atoms with van der Waals surface area (Å²) in [5.74, 6) is 2.33. The van der Waals surface area contributed by atoms with Gasteiger partial charge in [-0.15, -0.1) is 0 Å². The molecule has 1 aromatic rings. The lowest BCUT2D eigenvalue weighted by atomic mass is 9.73. The zero-order valence-electron chi connectivity index (χ0n) is 12.0. The summed E-state index contributed by atoms with van der Waals surface area (Å²) in [4.78, 5) is 0. The second-order valence-electron chi connectivity index (χ2n) is 5.66. The largest absolute Gasteiger partial charge is 0.317 e. The number of hydrogen-bond acceptors (Lipinski definition) is 2. The number of aromatic nitrogens is 2. The van der Waals surface area contributed by atoms with Crippen molar-refractivity contribution in [3.05, 3.63) is 18.0 Å². The van der Waals surface area contributed by atoms with Crippen LogP contribution in [0.4, 0.5) is 0 Å². The summed E-state index contributed by atoms with van der Waals surface area (Å²) in [6.07, 6.45) is 6.02. The Morgan fingerprint density at radius 1 is 1.39 bits per heavy atom. The number of nitrogens with one attached hydrogen (secondary N) is 1. The smallest absolute Gasteiger partial charge is 0.0492 e. The van der Waals surface area contributed by atoms with Gasteiger partial charge in [-0.05, 0) is 50.8 Å². The Balaban J connectivity index is 2.14. The fourth-order valence-corrected chi connectivity index (χ4v) is 3.30.